The highest BCUT2D eigenvalue weighted by atomic mass is 16.3. The molecule has 0 spiro atoms. The molecule has 0 amide bonds. The summed E-state index contributed by atoms with van der Waals surface area (Å²) in [6.45, 7) is 5.38. The molecule has 0 saturated carbocycles. The number of rotatable bonds is 2. The standard InChI is InChI=1S/C15H24N2O/c1-15(2)9-10-17(14(18)11-15)13-7-5-12(6-8-13)16(3)4/h5-8,14,18H,9-11H2,1-4H3. The van der Waals surface area contributed by atoms with Gasteiger partial charge < -0.3 is 14.9 Å². The molecule has 100 valence electrons. The lowest BCUT2D eigenvalue weighted by atomic mass is 9.81. The topological polar surface area (TPSA) is 26.7 Å². The number of hydrogen-bond donors (Lipinski definition) is 1. The van der Waals surface area contributed by atoms with Gasteiger partial charge in [0.05, 0.1) is 0 Å². The molecule has 1 saturated heterocycles. The van der Waals surface area contributed by atoms with Crippen molar-refractivity contribution >= 4 is 11.4 Å². The fraction of sp³-hybridized carbons (Fsp3) is 0.600. The lowest BCUT2D eigenvalue weighted by molar-refractivity contribution is 0.0778. The maximum atomic E-state index is 10.3. The Morgan fingerprint density at radius 1 is 1.22 bits per heavy atom. The molecule has 1 aliphatic heterocycles. The third kappa shape index (κ3) is 2.78. The molecule has 1 unspecified atom stereocenters. The predicted molar refractivity (Wildman–Crippen MR) is 77.1 cm³/mol. The highest BCUT2D eigenvalue weighted by Crippen LogP contribution is 2.35. The molecule has 0 aliphatic carbocycles. The van der Waals surface area contributed by atoms with Crippen molar-refractivity contribution in [3.63, 3.8) is 0 Å². The molecule has 0 aromatic heterocycles. The largest absolute Gasteiger partial charge is 0.378 e. The van der Waals surface area contributed by atoms with Crippen LogP contribution in [-0.2, 0) is 0 Å². The Morgan fingerprint density at radius 3 is 2.33 bits per heavy atom. The van der Waals surface area contributed by atoms with Crippen molar-refractivity contribution in [2.24, 2.45) is 5.41 Å². The smallest absolute Gasteiger partial charge is 0.127 e. The molecule has 1 fully saturated rings. The average Bonchev–Trinajstić information content (AvgIpc) is 2.28. The third-order valence-electron chi connectivity index (χ3n) is 3.82. The van der Waals surface area contributed by atoms with E-state index in [2.05, 4.69) is 47.9 Å². The lowest BCUT2D eigenvalue weighted by Gasteiger charge is -2.42. The fourth-order valence-electron chi connectivity index (χ4n) is 2.52. The number of aliphatic hydroxyl groups excluding tert-OH is 1. The molecule has 2 rings (SSSR count). The normalized spacial score (nSPS) is 22.9. The number of aliphatic hydroxyl groups is 1. The number of anilines is 2. The first-order valence-corrected chi connectivity index (χ1v) is 6.61. The van der Waals surface area contributed by atoms with Gasteiger partial charge in [0.2, 0.25) is 0 Å². The minimum atomic E-state index is -0.362. The van der Waals surface area contributed by atoms with Crippen LogP contribution >= 0.6 is 0 Å². The summed E-state index contributed by atoms with van der Waals surface area (Å²) in [5.41, 5.74) is 2.55. The Hall–Kier alpha value is -1.22. The number of hydrogen-bond acceptors (Lipinski definition) is 3. The first-order valence-electron chi connectivity index (χ1n) is 6.61. The van der Waals surface area contributed by atoms with Crippen molar-refractivity contribution in [1.29, 1.82) is 0 Å². The predicted octanol–water partition coefficient (Wildman–Crippen LogP) is 2.70. The van der Waals surface area contributed by atoms with Crippen LogP contribution in [0.4, 0.5) is 11.4 Å². The van der Waals surface area contributed by atoms with Gasteiger partial charge in [-0.2, -0.15) is 0 Å². The van der Waals surface area contributed by atoms with E-state index in [0.717, 1.165) is 25.1 Å². The van der Waals surface area contributed by atoms with Gasteiger partial charge >= 0.3 is 0 Å². The Bertz CT molecular complexity index is 397. The molecule has 18 heavy (non-hydrogen) atoms. The van der Waals surface area contributed by atoms with E-state index in [0.29, 0.717) is 0 Å². The van der Waals surface area contributed by atoms with Crippen LogP contribution in [0.1, 0.15) is 26.7 Å². The molecular formula is C15H24N2O. The fourth-order valence-corrected chi connectivity index (χ4v) is 2.52. The summed E-state index contributed by atoms with van der Waals surface area (Å²) in [6.07, 6.45) is 1.60. The summed E-state index contributed by atoms with van der Waals surface area (Å²) in [4.78, 5) is 4.18. The van der Waals surface area contributed by atoms with Gasteiger partial charge in [0.25, 0.3) is 0 Å². The van der Waals surface area contributed by atoms with Crippen LogP contribution in [0.15, 0.2) is 24.3 Å². The van der Waals surface area contributed by atoms with Crippen LogP contribution in [0.25, 0.3) is 0 Å². The van der Waals surface area contributed by atoms with Gasteiger partial charge in [-0.05, 0) is 42.5 Å². The molecule has 1 aliphatic rings. The quantitative estimate of drug-likeness (QED) is 0.871. The van der Waals surface area contributed by atoms with E-state index in [1.165, 1.54) is 5.69 Å². The van der Waals surface area contributed by atoms with Crippen molar-refractivity contribution in [2.45, 2.75) is 32.9 Å². The molecular weight excluding hydrogens is 224 g/mol. The van der Waals surface area contributed by atoms with Crippen LogP contribution in [0.5, 0.6) is 0 Å². The van der Waals surface area contributed by atoms with Crippen molar-refractivity contribution in [3.05, 3.63) is 24.3 Å². The van der Waals surface area contributed by atoms with Crippen molar-refractivity contribution in [3.8, 4) is 0 Å². The van der Waals surface area contributed by atoms with E-state index in [9.17, 15) is 5.11 Å². The monoisotopic (exact) mass is 248 g/mol. The number of piperidine rings is 1. The van der Waals surface area contributed by atoms with Crippen molar-refractivity contribution < 1.29 is 5.11 Å². The maximum absolute atomic E-state index is 10.3. The first kappa shape index (κ1) is 13.2. The SMILES string of the molecule is CN(C)c1ccc(N2CCC(C)(C)CC2O)cc1. The third-order valence-corrected chi connectivity index (χ3v) is 3.82. The van der Waals surface area contributed by atoms with Crippen LogP contribution in [0.2, 0.25) is 0 Å². The van der Waals surface area contributed by atoms with E-state index < -0.39 is 0 Å². The van der Waals surface area contributed by atoms with Gasteiger partial charge in [-0.1, -0.05) is 13.8 Å². The summed E-state index contributed by atoms with van der Waals surface area (Å²) >= 11 is 0. The number of benzene rings is 1. The van der Waals surface area contributed by atoms with Crippen LogP contribution in [0, 0.1) is 5.41 Å². The molecule has 1 aromatic carbocycles. The van der Waals surface area contributed by atoms with E-state index >= 15 is 0 Å². The molecule has 3 nitrogen and oxygen atoms in total. The van der Waals surface area contributed by atoms with Crippen LogP contribution in [0.3, 0.4) is 0 Å². The summed E-state index contributed by atoms with van der Waals surface area (Å²) in [5.74, 6) is 0. The molecule has 1 N–H and O–H groups in total. The zero-order valence-corrected chi connectivity index (χ0v) is 11.8. The highest BCUT2D eigenvalue weighted by molar-refractivity contribution is 5.56. The minimum Gasteiger partial charge on any atom is -0.378 e. The Morgan fingerprint density at radius 2 is 1.83 bits per heavy atom. The molecule has 3 heteroatoms. The van der Waals surface area contributed by atoms with E-state index in [1.807, 2.05) is 14.1 Å². The lowest BCUT2D eigenvalue weighted by Crippen LogP contribution is -2.45. The average molecular weight is 248 g/mol. The van der Waals surface area contributed by atoms with Gasteiger partial charge in [-0.3, -0.25) is 0 Å². The Balaban J connectivity index is 2.12. The zero-order chi connectivity index (χ0) is 13.3. The van der Waals surface area contributed by atoms with Crippen molar-refractivity contribution in [1.82, 2.24) is 0 Å². The maximum Gasteiger partial charge on any atom is 0.127 e. The Kier molecular flexibility index (Phi) is 3.53. The highest BCUT2D eigenvalue weighted by Gasteiger charge is 2.31. The van der Waals surface area contributed by atoms with Gasteiger partial charge in [0.1, 0.15) is 6.23 Å². The summed E-state index contributed by atoms with van der Waals surface area (Å²) in [6, 6.07) is 8.39. The second-order valence-corrected chi connectivity index (χ2v) is 6.20. The van der Waals surface area contributed by atoms with E-state index in [-0.39, 0.29) is 11.6 Å². The van der Waals surface area contributed by atoms with Gasteiger partial charge in [-0.25, -0.2) is 0 Å². The Labute approximate surface area is 110 Å². The van der Waals surface area contributed by atoms with E-state index in [4.69, 9.17) is 0 Å². The number of nitrogens with zero attached hydrogens (tertiary/aromatic N) is 2. The van der Waals surface area contributed by atoms with Gasteiger partial charge in [0.15, 0.2) is 0 Å². The summed E-state index contributed by atoms with van der Waals surface area (Å²) < 4.78 is 0. The molecule has 1 heterocycles. The zero-order valence-electron chi connectivity index (χ0n) is 11.8. The molecule has 0 radical (unpaired) electrons. The van der Waals surface area contributed by atoms with Gasteiger partial charge in [0, 0.05) is 32.0 Å². The summed E-state index contributed by atoms with van der Waals surface area (Å²) in [7, 11) is 4.07. The molecule has 0 bridgehead atoms. The summed E-state index contributed by atoms with van der Waals surface area (Å²) in [5, 5.41) is 10.3. The van der Waals surface area contributed by atoms with E-state index in [1.54, 1.807) is 0 Å². The second kappa shape index (κ2) is 4.81. The van der Waals surface area contributed by atoms with Crippen LogP contribution in [-0.4, -0.2) is 32.0 Å². The van der Waals surface area contributed by atoms with Gasteiger partial charge in [-0.15, -0.1) is 0 Å². The molecule has 1 aromatic rings. The second-order valence-electron chi connectivity index (χ2n) is 6.20. The molecule has 1 atom stereocenters. The first-order chi connectivity index (χ1) is 8.39. The minimum absolute atomic E-state index is 0.249. The van der Waals surface area contributed by atoms with Crippen molar-refractivity contribution in [2.75, 3.05) is 30.4 Å². The van der Waals surface area contributed by atoms with Crippen LogP contribution < -0.4 is 9.80 Å².